The number of carboxylic acid groups (broad SMARTS) is 1. The number of aliphatic hydroxyl groups is 1. The molecule has 0 aliphatic carbocycles. The Hall–Kier alpha value is -3.14. The standard InChI is InChI=1S/C19H16F3N3O4.ClH/c20-19(21,22)12-4-1-11(2-5-12)3-6-13-9-15(27)17(14(26)7-8-16(28)29)18-23-10-24-25(13)18;/h1-2,4-5,9-10,26H,3,6-8H2,(H,28,29);1H. The summed E-state index contributed by atoms with van der Waals surface area (Å²) in [6.45, 7) is 0. The van der Waals surface area contributed by atoms with Crippen molar-refractivity contribution in [2.24, 2.45) is 0 Å². The quantitative estimate of drug-likeness (QED) is 0.606. The maximum absolute atomic E-state index is 12.6. The molecule has 0 radical (unpaired) electrons. The van der Waals surface area contributed by atoms with E-state index in [0.717, 1.165) is 12.1 Å². The summed E-state index contributed by atoms with van der Waals surface area (Å²) in [6, 6.07) is 6.01. The Morgan fingerprint density at radius 2 is 1.73 bits per heavy atom. The van der Waals surface area contributed by atoms with Crippen molar-refractivity contribution in [3.8, 4) is 0 Å². The van der Waals surface area contributed by atoms with Crippen LogP contribution in [0.4, 0.5) is 13.2 Å². The second-order valence-corrected chi connectivity index (χ2v) is 6.41. The number of rotatable bonds is 6. The lowest BCUT2D eigenvalue weighted by molar-refractivity contribution is -0.138. The van der Waals surface area contributed by atoms with E-state index in [4.69, 9.17) is 5.11 Å². The molecule has 3 rings (SSSR count). The molecule has 1 aromatic carbocycles. The Bertz CT molecular complexity index is 1160. The molecule has 0 bridgehead atoms. The van der Waals surface area contributed by atoms with E-state index < -0.39 is 23.1 Å². The highest BCUT2D eigenvalue weighted by molar-refractivity contribution is 5.85. The highest BCUT2D eigenvalue weighted by Gasteiger charge is 2.29. The molecule has 30 heavy (non-hydrogen) atoms. The third-order valence-corrected chi connectivity index (χ3v) is 4.40. The van der Waals surface area contributed by atoms with Gasteiger partial charge in [0.1, 0.15) is 17.3 Å². The molecule has 7 nitrogen and oxygen atoms in total. The maximum atomic E-state index is 12.6. The van der Waals surface area contributed by atoms with Crippen LogP contribution < -0.4 is 10.6 Å². The number of fused-ring (bicyclic) bond motifs is 1. The van der Waals surface area contributed by atoms with E-state index in [2.05, 4.69) is 10.1 Å². The van der Waals surface area contributed by atoms with Gasteiger partial charge in [-0.15, -0.1) is 12.4 Å². The lowest BCUT2D eigenvalue weighted by Crippen LogP contribution is -2.31. The minimum atomic E-state index is -4.40. The number of hydrogen-bond donors (Lipinski definition) is 2. The average Bonchev–Trinajstić information content (AvgIpc) is 3.13. The lowest BCUT2D eigenvalue weighted by atomic mass is 10.1. The Kier molecular flexibility index (Phi) is 7.04. The second kappa shape index (κ2) is 9.12. The molecule has 0 unspecified atom stereocenters. The van der Waals surface area contributed by atoms with Gasteiger partial charge in [-0.25, -0.2) is 9.50 Å². The van der Waals surface area contributed by atoms with Gasteiger partial charge in [-0.1, -0.05) is 12.1 Å². The van der Waals surface area contributed by atoms with Crippen LogP contribution in [0.1, 0.15) is 29.7 Å². The molecule has 0 saturated heterocycles. The first-order valence-electron chi connectivity index (χ1n) is 8.62. The summed E-state index contributed by atoms with van der Waals surface area (Å²) >= 11 is 0. The lowest BCUT2D eigenvalue weighted by Gasteiger charge is -2.08. The highest BCUT2D eigenvalue weighted by atomic mass is 35.5. The van der Waals surface area contributed by atoms with Crippen molar-refractivity contribution >= 4 is 29.8 Å². The number of nitrogens with zero attached hydrogens (tertiary/aromatic N) is 3. The summed E-state index contributed by atoms with van der Waals surface area (Å²) in [5, 5.41) is 22.8. The van der Waals surface area contributed by atoms with E-state index >= 15 is 0 Å². The molecule has 2 aromatic heterocycles. The van der Waals surface area contributed by atoms with Crippen molar-refractivity contribution in [1.82, 2.24) is 14.6 Å². The number of aryl methyl sites for hydroxylation is 2. The van der Waals surface area contributed by atoms with E-state index in [1.165, 1.54) is 29.0 Å². The first-order chi connectivity index (χ1) is 13.7. The van der Waals surface area contributed by atoms with Crippen LogP contribution in [0.3, 0.4) is 0 Å². The number of pyridine rings is 1. The van der Waals surface area contributed by atoms with Crippen LogP contribution in [0.25, 0.3) is 11.4 Å². The monoisotopic (exact) mass is 443 g/mol. The molecule has 2 heterocycles. The predicted molar refractivity (Wildman–Crippen MR) is 103 cm³/mol. The molecular formula is C19H17ClF3N3O4. The third-order valence-electron chi connectivity index (χ3n) is 4.40. The maximum Gasteiger partial charge on any atom is 0.416 e. The van der Waals surface area contributed by atoms with Crippen molar-refractivity contribution in [2.45, 2.75) is 31.9 Å². The van der Waals surface area contributed by atoms with Gasteiger partial charge < -0.3 is 10.2 Å². The molecule has 0 atom stereocenters. The van der Waals surface area contributed by atoms with Crippen molar-refractivity contribution in [3.63, 3.8) is 0 Å². The Balaban J connectivity index is 0.00000320. The van der Waals surface area contributed by atoms with Crippen LogP contribution in [-0.4, -0.2) is 30.8 Å². The number of halogens is 4. The third kappa shape index (κ3) is 5.07. The summed E-state index contributed by atoms with van der Waals surface area (Å²) < 4.78 is 39.3. The summed E-state index contributed by atoms with van der Waals surface area (Å²) in [5.41, 5.74) is -0.0482. The Morgan fingerprint density at radius 3 is 2.33 bits per heavy atom. The van der Waals surface area contributed by atoms with Crippen molar-refractivity contribution < 1.29 is 28.2 Å². The zero-order chi connectivity index (χ0) is 21.2. The molecule has 3 aromatic rings. The summed E-state index contributed by atoms with van der Waals surface area (Å²) in [5.74, 6) is -1.50. The predicted octanol–water partition coefficient (Wildman–Crippen LogP) is 2.57. The molecular weight excluding hydrogens is 427 g/mol. The first kappa shape index (κ1) is 23.1. The van der Waals surface area contributed by atoms with Crippen LogP contribution in [0.5, 0.6) is 0 Å². The van der Waals surface area contributed by atoms with Gasteiger partial charge in [0.25, 0.3) is 0 Å². The normalized spacial score (nSPS) is 12.5. The van der Waals surface area contributed by atoms with Crippen LogP contribution >= 0.6 is 12.4 Å². The summed E-state index contributed by atoms with van der Waals surface area (Å²) in [4.78, 5) is 27.1. The number of hydrogen-bond acceptors (Lipinski definition) is 5. The summed E-state index contributed by atoms with van der Waals surface area (Å²) in [6.07, 6.45) is -3.11. The summed E-state index contributed by atoms with van der Waals surface area (Å²) in [7, 11) is 0. The molecule has 0 spiro atoms. The molecule has 11 heteroatoms. The van der Waals surface area contributed by atoms with E-state index in [9.17, 15) is 27.9 Å². The second-order valence-electron chi connectivity index (χ2n) is 6.41. The fourth-order valence-electron chi connectivity index (χ4n) is 2.95. The number of benzene rings is 1. The van der Waals surface area contributed by atoms with E-state index in [0.29, 0.717) is 24.1 Å². The molecule has 0 saturated carbocycles. The van der Waals surface area contributed by atoms with Gasteiger partial charge in [-0.3, -0.25) is 9.59 Å². The fourth-order valence-corrected chi connectivity index (χ4v) is 2.95. The van der Waals surface area contributed by atoms with Crippen LogP contribution in [0.2, 0.25) is 0 Å². The van der Waals surface area contributed by atoms with Gasteiger partial charge in [0.05, 0.1) is 12.0 Å². The highest BCUT2D eigenvalue weighted by Crippen LogP contribution is 2.29. The van der Waals surface area contributed by atoms with Crippen LogP contribution in [-0.2, 0) is 23.8 Å². The number of carbonyl (C=O) groups is 1. The van der Waals surface area contributed by atoms with Gasteiger partial charge >= 0.3 is 12.1 Å². The molecule has 0 amide bonds. The zero-order valence-corrected chi connectivity index (χ0v) is 16.2. The largest absolute Gasteiger partial charge is 0.511 e. The molecule has 0 aliphatic heterocycles. The molecule has 0 fully saturated rings. The van der Waals surface area contributed by atoms with E-state index in [1.807, 2.05) is 0 Å². The van der Waals surface area contributed by atoms with Gasteiger partial charge in [-0.2, -0.15) is 18.3 Å². The van der Waals surface area contributed by atoms with Gasteiger partial charge in [0.15, 0.2) is 11.1 Å². The number of aliphatic hydroxyl groups excluding tert-OH is 1. The van der Waals surface area contributed by atoms with Crippen molar-refractivity contribution in [1.29, 1.82) is 0 Å². The van der Waals surface area contributed by atoms with Gasteiger partial charge in [0.2, 0.25) is 0 Å². The average molecular weight is 444 g/mol. The number of carboxylic acids is 1. The number of aliphatic carboxylic acids is 1. The Morgan fingerprint density at radius 1 is 1.07 bits per heavy atom. The molecule has 2 N–H and O–H groups in total. The van der Waals surface area contributed by atoms with Gasteiger partial charge in [0, 0.05) is 18.2 Å². The zero-order valence-electron chi connectivity index (χ0n) is 15.4. The number of aromatic nitrogens is 3. The van der Waals surface area contributed by atoms with Gasteiger partial charge in [-0.05, 0) is 30.5 Å². The van der Waals surface area contributed by atoms with E-state index in [1.54, 1.807) is 0 Å². The van der Waals surface area contributed by atoms with Crippen LogP contribution in [0, 0.1) is 0 Å². The molecule has 0 aliphatic rings. The minimum absolute atomic E-state index is 0. The topological polar surface area (TPSA) is 105 Å². The smallest absolute Gasteiger partial charge is 0.416 e. The minimum Gasteiger partial charge on any atom is -0.511 e. The van der Waals surface area contributed by atoms with E-state index in [-0.39, 0.29) is 41.9 Å². The first-order valence-corrected chi connectivity index (χ1v) is 8.62. The van der Waals surface area contributed by atoms with Crippen molar-refractivity contribution in [2.75, 3.05) is 0 Å². The molecule has 160 valence electrons. The number of alkyl halides is 3. The van der Waals surface area contributed by atoms with Crippen molar-refractivity contribution in [3.05, 3.63) is 68.9 Å². The Labute approximate surface area is 173 Å². The fraction of sp³-hybridized carbons (Fsp3) is 0.263. The van der Waals surface area contributed by atoms with Crippen LogP contribution in [0.15, 0.2) is 41.5 Å². The SMILES string of the molecule is Cl.O=C(O)CCC(O)=c1c(=O)cc(CCc2ccc(C(F)(F)F)cc2)n2ncnc12.